The molecule has 1 aliphatic carbocycles. The molecule has 0 radical (unpaired) electrons. The number of fused-ring (bicyclic) bond motifs is 1. The van der Waals surface area contributed by atoms with Gasteiger partial charge in [0.05, 0.1) is 18.3 Å². The number of nitrogens with one attached hydrogen (secondary N) is 1. The number of carbonyl (C=O) groups excluding carboxylic acids is 2. The van der Waals surface area contributed by atoms with E-state index in [1.165, 1.54) is 19.0 Å². The summed E-state index contributed by atoms with van der Waals surface area (Å²) in [4.78, 5) is 41.0. The maximum absolute atomic E-state index is 12.5. The lowest BCUT2D eigenvalue weighted by Crippen LogP contribution is -2.51. The third kappa shape index (κ3) is 5.31. The van der Waals surface area contributed by atoms with Gasteiger partial charge in [0.1, 0.15) is 0 Å². The molecule has 0 bridgehead atoms. The van der Waals surface area contributed by atoms with E-state index < -0.39 is 0 Å². The minimum Gasteiger partial charge on any atom is -0.355 e. The fourth-order valence-corrected chi connectivity index (χ4v) is 4.61. The van der Waals surface area contributed by atoms with Crippen molar-refractivity contribution in [1.82, 2.24) is 24.9 Å². The number of aryl methyl sites for hydroxylation is 1. The van der Waals surface area contributed by atoms with Crippen LogP contribution in [0.2, 0.25) is 0 Å². The first kappa shape index (κ1) is 21.5. The van der Waals surface area contributed by atoms with Crippen molar-refractivity contribution in [3.05, 3.63) is 40.7 Å². The van der Waals surface area contributed by atoms with Crippen LogP contribution in [0.25, 0.3) is 10.9 Å². The Morgan fingerprint density at radius 1 is 1.03 bits per heavy atom. The van der Waals surface area contributed by atoms with Gasteiger partial charge in [-0.3, -0.25) is 24.0 Å². The molecule has 1 aromatic heterocycles. The molecule has 8 heteroatoms. The number of benzene rings is 1. The molecule has 0 atom stereocenters. The van der Waals surface area contributed by atoms with Crippen molar-refractivity contribution in [2.75, 3.05) is 39.3 Å². The van der Waals surface area contributed by atoms with Crippen LogP contribution in [0.5, 0.6) is 0 Å². The normalized spacial score (nSPS) is 17.9. The molecule has 2 heterocycles. The van der Waals surface area contributed by atoms with E-state index >= 15 is 0 Å². The zero-order valence-electron chi connectivity index (χ0n) is 18.0. The Balaban J connectivity index is 1.17. The van der Waals surface area contributed by atoms with Gasteiger partial charge in [0.15, 0.2) is 0 Å². The van der Waals surface area contributed by atoms with Crippen LogP contribution >= 0.6 is 0 Å². The molecule has 31 heavy (non-hydrogen) atoms. The molecule has 2 aliphatic rings. The van der Waals surface area contributed by atoms with Gasteiger partial charge in [-0.2, -0.15) is 5.10 Å². The van der Waals surface area contributed by atoms with Gasteiger partial charge in [-0.15, -0.1) is 0 Å². The fourth-order valence-electron chi connectivity index (χ4n) is 4.61. The molecule has 8 nitrogen and oxygen atoms in total. The van der Waals surface area contributed by atoms with Crippen molar-refractivity contribution >= 4 is 22.7 Å². The van der Waals surface area contributed by atoms with E-state index in [2.05, 4.69) is 15.3 Å². The molecular formula is C23H31N5O3. The number of nitrogens with zero attached hydrogens (tertiary/aromatic N) is 4. The quantitative estimate of drug-likeness (QED) is 0.721. The summed E-state index contributed by atoms with van der Waals surface area (Å²) >= 11 is 0. The predicted octanol–water partition coefficient (Wildman–Crippen LogP) is 1.24. The van der Waals surface area contributed by atoms with Crippen molar-refractivity contribution in [1.29, 1.82) is 0 Å². The monoisotopic (exact) mass is 425 g/mol. The van der Waals surface area contributed by atoms with E-state index in [9.17, 15) is 14.4 Å². The van der Waals surface area contributed by atoms with E-state index in [0.717, 1.165) is 51.1 Å². The summed E-state index contributed by atoms with van der Waals surface area (Å²) in [5, 5.41) is 7.75. The largest absolute Gasteiger partial charge is 0.355 e. The highest BCUT2D eigenvalue weighted by atomic mass is 16.2. The molecule has 0 unspecified atom stereocenters. The van der Waals surface area contributed by atoms with E-state index in [0.29, 0.717) is 30.8 Å². The van der Waals surface area contributed by atoms with Crippen LogP contribution in [0.4, 0.5) is 0 Å². The summed E-state index contributed by atoms with van der Waals surface area (Å²) < 4.78 is 1.71. The van der Waals surface area contributed by atoms with Gasteiger partial charge in [-0.25, -0.2) is 0 Å². The van der Waals surface area contributed by atoms with Crippen molar-refractivity contribution in [3.8, 4) is 0 Å². The number of aromatic nitrogens is 2. The highest BCUT2D eigenvalue weighted by Gasteiger charge is 2.29. The van der Waals surface area contributed by atoms with Gasteiger partial charge >= 0.3 is 0 Å². The zero-order valence-corrected chi connectivity index (χ0v) is 18.0. The van der Waals surface area contributed by atoms with Crippen LogP contribution in [0, 0.1) is 5.92 Å². The molecule has 1 saturated heterocycles. The number of amides is 2. The third-order valence-corrected chi connectivity index (χ3v) is 6.45. The SMILES string of the molecule is O=C(CCn1ncc(=O)c2ccccc21)NCCN1CCN(C(=O)C2CCCC2)CC1. The summed E-state index contributed by atoms with van der Waals surface area (Å²) in [7, 11) is 0. The van der Waals surface area contributed by atoms with Crippen LogP contribution in [0.3, 0.4) is 0 Å². The Morgan fingerprint density at radius 2 is 1.77 bits per heavy atom. The van der Waals surface area contributed by atoms with Crippen LogP contribution in [-0.4, -0.2) is 70.7 Å². The highest BCUT2D eigenvalue weighted by molar-refractivity contribution is 5.79. The molecule has 2 aromatic rings. The van der Waals surface area contributed by atoms with Crippen LogP contribution in [0.15, 0.2) is 35.3 Å². The molecule has 0 spiro atoms. The fraction of sp³-hybridized carbons (Fsp3) is 0.565. The molecule has 2 amide bonds. The summed E-state index contributed by atoms with van der Waals surface area (Å²) in [6.07, 6.45) is 6.09. The summed E-state index contributed by atoms with van der Waals surface area (Å²) in [6, 6.07) is 7.31. The van der Waals surface area contributed by atoms with Crippen molar-refractivity contribution < 1.29 is 9.59 Å². The van der Waals surface area contributed by atoms with E-state index in [1.54, 1.807) is 10.7 Å². The predicted molar refractivity (Wildman–Crippen MR) is 119 cm³/mol. The van der Waals surface area contributed by atoms with E-state index in [-0.39, 0.29) is 17.3 Å². The maximum Gasteiger partial charge on any atom is 0.225 e. The molecule has 1 N–H and O–H groups in total. The molecule has 1 aromatic carbocycles. The Labute approximate surface area is 182 Å². The van der Waals surface area contributed by atoms with Crippen LogP contribution in [0.1, 0.15) is 32.1 Å². The lowest BCUT2D eigenvalue weighted by Gasteiger charge is -2.36. The van der Waals surface area contributed by atoms with Gasteiger partial charge in [0, 0.05) is 57.0 Å². The maximum atomic E-state index is 12.5. The average molecular weight is 426 g/mol. The number of piperazine rings is 1. The standard InChI is InChI=1S/C23H31N5O3/c29-21-17-25-28(20-8-4-3-7-19(20)21)11-9-22(30)24-10-12-26-13-15-27(16-14-26)23(31)18-5-1-2-6-18/h3-4,7-8,17-18H,1-2,5-6,9-16H2,(H,24,30). The van der Waals surface area contributed by atoms with Crippen LogP contribution in [-0.2, 0) is 16.1 Å². The van der Waals surface area contributed by atoms with Gasteiger partial charge in [0.2, 0.25) is 17.2 Å². The topological polar surface area (TPSA) is 87.5 Å². The zero-order chi connectivity index (χ0) is 21.6. The second-order valence-electron chi connectivity index (χ2n) is 8.50. The van der Waals surface area contributed by atoms with Gasteiger partial charge in [-0.1, -0.05) is 25.0 Å². The molecule has 1 aliphatic heterocycles. The molecule has 2 fully saturated rings. The number of hydrogen-bond donors (Lipinski definition) is 1. The number of para-hydroxylation sites is 1. The Morgan fingerprint density at radius 3 is 2.55 bits per heavy atom. The lowest BCUT2D eigenvalue weighted by molar-refractivity contribution is -0.137. The molecule has 4 rings (SSSR count). The molecule has 1 saturated carbocycles. The summed E-state index contributed by atoms with van der Waals surface area (Å²) in [5.41, 5.74) is 0.633. The van der Waals surface area contributed by atoms with Crippen LogP contribution < -0.4 is 10.7 Å². The van der Waals surface area contributed by atoms with Gasteiger partial charge < -0.3 is 10.2 Å². The van der Waals surface area contributed by atoms with Gasteiger partial charge in [0.25, 0.3) is 0 Å². The minimum atomic E-state index is -0.110. The third-order valence-electron chi connectivity index (χ3n) is 6.45. The first-order chi connectivity index (χ1) is 15.1. The molecule has 166 valence electrons. The number of rotatable bonds is 7. The second-order valence-corrected chi connectivity index (χ2v) is 8.50. The highest BCUT2D eigenvalue weighted by Crippen LogP contribution is 2.26. The van der Waals surface area contributed by atoms with Crippen molar-refractivity contribution in [2.45, 2.75) is 38.6 Å². The Bertz CT molecular complexity index is 975. The first-order valence-corrected chi connectivity index (χ1v) is 11.3. The van der Waals surface area contributed by atoms with E-state index in [1.807, 2.05) is 23.1 Å². The smallest absolute Gasteiger partial charge is 0.225 e. The Kier molecular flexibility index (Phi) is 6.96. The second kappa shape index (κ2) is 10.0. The van der Waals surface area contributed by atoms with Gasteiger partial charge in [-0.05, 0) is 25.0 Å². The lowest BCUT2D eigenvalue weighted by atomic mass is 10.1. The Hall–Kier alpha value is -2.74. The number of carbonyl (C=O) groups is 2. The average Bonchev–Trinajstić information content (AvgIpc) is 3.34. The summed E-state index contributed by atoms with van der Waals surface area (Å²) in [5.74, 6) is 0.564. The number of hydrogen-bond acceptors (Lipinski definition) is 5. The van der Waals surface area contributed by atoms with Crippen molar-refractivity contribution in [2.24, 2.45) is 5.92 Å². The molecular weight excluding hydrogens is 394 g/mol. The first-order valence-electron chi connectivity index (χ1n) is 11.3. The summed E-state index contributed by atoms with van der Waals surface area (Å²) in [6.45, 7) is 5.10. The van der Waals surface area contributed by atoms with E-state index in [4.69, 9.17) is 0 Å². The minimum absolute atomic E-state index is 0.0281. The van der Waals surface area contributed by atoms with Crippen molar-refractivity contribution in [3.63, 3.8) is 0 Å².